The van der Waals surface area contributed by atoms with Gasteiger partial charge in [-0.25, -0.2) is 0 Å². The molecule has 50 heavy (non-hydrogen) atoms. The van der Waals surface area contributed by atoms with Crippen molar-refractivity contribution in [3.63, 3.8) is 0 Å². The number of hydrogen-bond acceptors (Lipinski definition) is 10. The largest absolute Gasteiger partial charge is 0.481 e. The van der Waals surface area contributed by atoms with Crippen molar-refractivity contribution in [2.24, 2.45) is 50.7 Å². The van der Waals surface area contributed by atoms with Gasteiger partial charge in [0.15, 0.2) is 12.4 Å². The summed E-state index contributed by atoms with van der Waals surface area (Å²) < 4.78 is 23.2. The van der Waals surface area contributed by atoms with Gasteiger partial charge >= 0.3 is 17.9 Å². The van der Waals surface area contributed by atoms with Gasteiger partial charge in [0.05, 0.1) is 24.2 Å². The molecule has 11 nitrogen and oxygen atoms in total. The first kappa shape index (κ1) is 37.7. The van der Waals surface area contributed by atoms with E-state index in [1.807, 2.05) is 6.92 Å². The third-order valence-corrected chi connectivity index (χ3v) is 15.6. The van der Waals surface area contributed by atoms with Crippen LogP contribution in [0.15, 0.2) is 11.6 Å². The lowest BCUT2D eigenvalue weighted by atomic mass is 9.34. The highest BCUT2D eigenvalue weighted by atomic mass is 16.7. The second kappa shape index (κ2) is 12.8. The number of ether oxygens (including phenoxy) is 4. The summed E-state index contributed by atoms with van der Waals surface area (Å²) in [6.07, 6.45) is 2.22. The fraction of sp³-hybridized carbons (Fsp3) is 0.872. The van der Waals surface area contributed by atoms with Gasteiger partial charge in [0, 0.05) is 31.6 Å². The quantitative estimate of drug-likeness (QED) is 0.222. The number of carboxylic acid groups (broad SMARTS) is 1. The highest BCUT2D eigenvalue weighted by Crippen LogP contribution is 2.75. The molecule has 0 aromatic carbocycles. The van der Waals surface area contributed by atoms with Crippen molar-refractivity contribution in [1.82, 2.24) is 0 Å². The van der Waals surface area contributed by atoms with Crippen LogP contribution in [0, 0.1) is 50.7 Å². The second-order valence-corrected chi connectivity index (χ2v) is 18.1. The molecular weight excluding hydrogens is 644 g/mol. The predicted molar refractivity (Wildman–Crippen MR) is 181 cm³/mol. The van der Waals surface area contributed by atoms with E-state index >= 15 is 0 Å². The van der Waals surface area contributed by atoms with Crippen LogP contribution in [0.4, 0.5) is 0 Å². The van der Waals surface area contributed by atoms with E-state index in [0.29, 0.717) is 12.8 Å². The van der Waals surface area contributed by atoms with Gasteiger partial charge in [-0.2, -0.15) is 0 Å². The fourth-order valence-electron chi connectivity index (χ4n) is 12.2. The Bertz CT molecular complexity index is 1400. The van der Waals surface area contributed by atoms with E-state index in [2.05, 4.69) is 33.8 Å². The van der Waals surface area contributed by atoms with E-state index in [1.54, 1.807) is 6.92 Å². The van der Waals surface area contributed by atoms with E-state index in [1.165, 1.54) is 19.4 Å². The molecule has 6 rings (SSSR count). The van der Waals surface area contributed by atoms with Crippen LogP contribution in [-0.2, 0) is 33.3 Å². The Kier molecular flexibility index (Phi) is 9.66. The molecule has 4 saturated carbocycles. The number of fused-ring (bicyclic) bond motifs is 7. The van der Waals surface area contributed by atoms with Crippen LogP contribution in [0.5, 0.6) is 0 Å². The first-order chi connectivity index (χ1) is 23.2. The molecule has 16 atom stereocenters. The summed E-state index contributed by atoms with van der Waals surface area (Å²) in [4.78, 5) is 36.4. The average molecular weight is 705 g/mol. The first-order valence-corrected chi connectivity index (χ1v) is 18.8. The number of rotatable bonds is 6. The summed E-state index contributed by atoms with van der Waals surface area (Å²) in [7, 11) is 0. The van der Waals surface area contributed by atoms with Gasteiger partial charge in [-0.05, 0) is 99.2 Å². The highest BCUT2D eigenvalue weighted by molar-refractivity contribution is 5.74. The van der Waals surface area contributed by atoms with E-state index in [9.17, 15) is 34.8 Å². The summed E-state index contributed by atoms with van der Waals surface area (Å²) >= 11 is 0. The number of carboxylic acids is 1. The molecule has 1 saturated heterocycles. The topological polar surface area (TPSA) is 169 Å². The van der Waals surface area contributed by atoms with E-state index in [0.717, 1.165) is 38.5 Å². The minimum absolute atomic E-state index is 0.0698. The molecule has 0 amide bonds. The van der Waals surface area contributed by atoms with E-state index in [-0.39, 0.29) is 52.9 Å². The molecule has 0 unspecified atom stereocenters. The maximum absolute atomic E-state index is 12.5. The SMILES string of the molecule is CC(=O)O[C@@H]1[C@@H](O)[C@@H](O)[C@H](OC[C@@H]2[C@@H](OC(C)=O)C[C@H](O)[C@]3(C)[C@H]4CC=C5[C@H]6C[C@](C)(C(=O)O)CC[C@]6(C)CC[C@@]5(C)[C@]4(C)CC[C@@H]23)O[C@H]1C. The molecule has 1 heterocycles. The number of aliphatic hydroxyl groups excluding tert-OH is 3. The third kappa shape index (κ3) is 5.67. The molecule has 0 bridgehead atoms. The lowest BCUT2D eigenvalue weighted by Gasteiger charge is -2.71. The second-order valence-electron chi connectivity index (χ2n) is 18.1. The Labute approximate surface area is 296 Å². The Morgan fingerprint density at radius 2 is 1.58 bits per heavy atom. The van der Waals surface area contributed by atoms with Gasteiger partial charge in [-0.15, -0.1) is 0 Å². The van der Waals surface area contributed by atoms with Crippen LogP contribution in [0.2, 0.25) is 0 Å². The van der Waals surface area contributed by atoms with Gasteiger partial charge in [-0.1, -0.05) is 39.3 Å². The van der Waals surface area contributed by atoms with Gasteiger partial charge in [-0.3, -0.25) is 14.4 Å². The molecule has 0 spiro atoms. The van der Waals surface area contributed by atoms with Gasteiger partial charge in [0.2, 0.25) is 0 Å². The molecule has 0 aromatic heterocycles. The van der Waals surface area contributed by atoms with Crippen LogP contribution in [-0.4, -0.2) is 87.9 Å². The smallest absolute Gasteiger partial charge is 0.309 e. The first-order valence-electron chi connectivity index (χ1n) is 18.8. The summed E-state index contributed by atoms with van der Waals surface area (Å²) in [6, 6.07) is 0. The van der Waals surface area contributed by atoms with Crippen LogP contribution in [0.3, 0.4) is 0 Å². The molecule has 282 valence electrons. The minimum atomic E-state index is -1.47. The van der Waals surface area contributed by atoms with Crippen molar-refractivity contribution in [3.8, 4) is 0 Å². The van der Waals surface area contributed by atoms with Crippen molar-refractivity contribution in [2.45, 2.75) is 156 Å². The highest BCUT2D eigenvalue weighted by Gasteiger charge is 2.69. The maximum atomic E-state index is 12.5. The van der Waals surface area contributed by atoms with Crippen molar-refractivity contribution in [2.75, 3.05) is 6.61 Å². The zero-order valence-electron chi connectivity index (χ0n) is 31.1. The van der Waals surface area contributed by atoms with Crippen LogP contribution in [0.25, 0.3) is 0 Å². The number of aliphatic carboxylic acids is 1. The monoisotopic (exact) mass is 704 g/mol. The number of allylic oxidation sites excluding steroid dienone is 2. The van der Waals surface area contributed by atoms with Crippen molar-refractivity contribution in [1.29, 1.82) is 0 Å². The van der Waals surface area contributed by atoms with Crippen molar-refractivity contribution >= 4 is 17.9 Å². The Morgan fingerprint density at radius 3 is 2.22 bits per heavy atom. The minimum Gasteiger partial charge on any atom is -0.481 e. The molecule has 0 radical (unpaired) electrons. The molecule has 0 aromatic rings. The summed E-state index contributed by atoms with van der Waals surface area (Å²) in [6.45, 7) is 15.6. The average Bonchev–Trinajstić information content (AvgIpc) is 3.02. The zero-order valence-corrected chi connectivity index (χ0v) is 31.1. The lowest BCUT2D eigenvalue weighted by molar-refractivity contribution is -0.305. The summed E-state index contributed by atoms with van der Waals surface area (Å²) in [5.41, 5.74) is -0.114. The molecular formula is C39H60O11. The van der Waals surface area contributed by atoms with Crippen molar-refractivity contribution < 1.29 is 53.8 Å². The van der Waals surface area contributed by atoms with Crippen LogP contribution >= 0.6 is 0 Å². The Hall–Kier alpha value is -2.05. The van der Waals surface area contributed by atoms with Gasteiger partial charge in [0.1, 0.15) is 18.3 Å². The van der Waals surface area contributed by atoms with Gasteiger partial charge in [0.25, 0.3) is 0 Å². The van der Waals surface area contributed by atoms with Crippen LogP contribution in [0.1, 0.15) is 113 Å². The Balaban J connectivity index is 1.30. The number of esters is 2. The maximum Gasteiger partial charge on any atom is 0.309 e. The van der Waals surface area contributed by atoms with Crippen LogP contribution < -0.4 is 0 Å². The van der Waals surface area contributed by atoms with E-state index < -0.39 is 71.7 Å². The lowest BCUT2D eigenvalue weighted by Crippen LogP contribution is -2.67. The molecule has 4 N–H and O–H groups in total. The number of aliphatic hydroxyl groups is 3. The fourth-order valence-corrected chi connectivity index (χ4v) is 12.2. The normalized spacial score (nSPS) is 51.5. The number of hydrogen-bond donors (Lipinski definition) is 4. The van der Waals surface area contributed by atoms with E-state index in [4.69, 9.17) is 18.9 Å². The standard InChI is InChI=1S/C39H60O11/c1-20-32(50-22(3)41)30(43)31(44)33(48-20)47-19-23-24-11-12-38(7)28(39(24,8)29(42)17-27(23)49-21(2)40)10-9-25-26-18-36(5,34(45)46)14-13-35(26,4)15-16-37(25,38)6/h9,20,23-24,26-33,42-44H,10-19H2,1-8H3,(H,45,46)/t20-,23-,24-,26+,27-,28-,29-,30-,31+,32-,33+,35+,36+,37+,38+,39-/m0/s1. The Morgan fingerprint density at radius 1 is 0.920 bits per heavy atom. The predicted octanol–water partition coefficient (Wildman–Crippen LogP) is 4.78. The zero-order chi connectivity index (χ0) is 36.8. The number of carbonyl (C=O) groups is 3. The summed E-state index contributed by atoms with van der Waals surface area (Å²) in [5, 5.41) is 44.1. The number of carbonyl (C=O) groups excluding carboxylic acids is 2. The summed E-state index contributed by atoms with van der Waals surface area (Å²) in [5.74, 6) is -1.83. The van der Waals surface area contributed by atoms with Crippen molar-refractivity contribution in [3.05, 3.63) is 11.6 Å². The molecule has 11 heteroatoms. The molecule has 1 aliphatic heterocycles. The van der Waals surface area contributed by atoms with Gasteiger partial charge < -0.3 is 39.4 Å². The molecule has 6 aliphatic rings. The molecule has 5 aliphatic carbocycles. The molecule has 5 fully saturated rings. The third-order valence-electron chi connectivity index (χ3n) is 15.6.